The molecule has 2 N–H and O–H groups in total. The lowest BCUT2D eigenvalue weighted by Crippen LogP contribution is -2.47. The third-order valence-corrected chi connectivity index (χ3v) is 4.84. The van der Waals surface area contributed by atoms with Gasteiger partial charge >= 0.3 is 6.18 Å². The first-order valence-corrected chi connectivity index (χ1v) is 9.83. The quantitative estimate of drug-likeness (QED) is 0.255. The molecule has 1 heterocycles. The first kappa shape index (κ1) is 26.6. The van der Waals surface area contributed by atoms with E-state index in [1.54, 1.807) is 7.05 Å². The molecule has 0 aromatic heterocycles. The molecule has 8 heteroatoms. The number of alkyl halides is 3. The van der Waals surface area contributed by atoms with Crippen molar-refractivity contribution in [2.75, 3.05) is 26.7 Å². The van der Waals surface area contributed by atoms with Crippen LogP contribution in [0, 0.1) is 23.2 Å². The van der Waals surface area contributed by atoms with Gasteiger partial charge in [0.15, 0.2) is 5.96 Å². The molecular formula is C22H31F3IN3O. The zero-order valence-corrected chi connectivity index (χ0v) is 20.2. The van der Waals surface area contributed by atoms with Gasteiger partial charge in [-0.05, 0) is 42.5 Å². The minimum atomic E-state index is -4.33. The number of hydrogen-bond donors (Lipinski definition) is 2. The smallest absolute Gasteiger partial charge is 0.377 e. The van der Waals surface area contributed by atoms with Crippen molar-refractivity contribution in [1.29, 1.82) is 0 Å². The molecule has 2 rings (SSSR count). The Labute approximate surface area is 194 Å². The summed E-state index contributed by atoms with van der Waals surface area (Å²) in [4.78, 5) is 4.20. The summed E-state index contributed by atoms with van der Waals surface area (Å²) in [6.07, 6.45) is -1.97. The Bertz CT molecular complexity index is 746. The summed E-state index contributed by atoms with van der Waals surface area (Å²) in [7, 11) is 1.69. The van der Waals surface area contributed by atoms with Crippen molar-refractivity contribution in [3.63, 3.8) is 0 Å². The van der Waals surface area contributed by atoms with Crippen LogP contribution in [-0.4, -0.2) is 38.8 Å². The molecule has 1 aromatic rings. The Balaban J connectivity index is 0.00000450. The molecule has 1 saturated heterocycles. The highest BCUT2D eigenvalue weighted by atomic mass is 127. The standard InChI is InChI=1S/C22H30F3N3O.HI/c1-21(2,3)19-17(8-6-14-29-19)15-28-20(26-4)27-13-5-7-16-9-11-18(12-10-16)22(23,24)25;/h9-12,17,19H,6,8,13-15H2,1-4H3,(H2,26,27,28);1H. The molecule has 0 bridgehead atoms. The third-order valence-electron chi connectivity index (χ3n) is 4.84. The van der Waals surface area contributed by atoms with E-state index in [4.69, 9.17) is 4.74 Å². The van der Waals surface area contributed by atoms with Crippen LogP contribution in [0.25, 0.3) is 0 Å². The zero-order valence-electron chi connectivity index (χ0n) is 17.9. The molecule has 2 atom stereocenters. The molecule has 4 nitrogen and oxygen atoms in total. The lowest BCUT2D eigenvalue weighted by Gasteiger charge is -2.40. The van der Waals surface area contributed by atoms with E-state index in [2.05, 4.69) is 48.2 Å². The van der Waals surface area contributed by atoms with Crippen molar-refractivity contribution in [2.24, 2.45) is 16.3 Å². The Morgan fingerprint density at radius 2 is 1.83 bits per heavy atom. The van der Waals surface area contributed by atoms with E-state index in [0.717, 1.165) is 38.1 Å². The van der Waals surface area contributed by atoms with E-state index >= 15 is 0 Å². The van der Waals surface area contributed by atoms with E-state index < -0.39 is 11.7 Å². The Morgan fingerprint density at radius 3 is 2.40 bits per heavy atom. The zero-order chi connectivity index (χ0) is 21.5. The number of nitrogens with zero attached hydrogens (tertiary/aromatic N) is 1. The van der Waals surface area contributed by atoms with Crippen LogP contribution in [0.15, 0.2) is 29.3 Å². The molecule has 0 radical (unpaired) electrons. The fraction of sp³-hybridized carbons (Fsp3) is 0.591. The van der Waals surface area contributed by atoms with Crippen molar-refractivity contribution in [2.45, 2.75) is 45.9 Å². The van der Waals surface area contributed by atoms with Gasteiger partial charge in [0.1, 0.15) is 0 Å². The summed E-state index contributed by atoms with van der Waals surface area (Å²) in [6.45, 7) is 8.49. The average molecular weight is 537 g/mol. The lowest BCUT2D eigenvalue weighted by molar-refractivity contribution is -0.137. The molecule has 1 fully saturated rings. The van der Waals surface area contributed by atoms with E-state index in [-0.39, 0.29) is 35.5 Å². The van der Waals surface area contributed by atoms with Crippen LogP contribution < -0.4 is 10.6 Å². The van der Waals surface area contributed by atoms with Crippen LogP contribution in [0.4, 0.5) is 13.2 Å². The number of guanidine groups is 1. The van der Waals surface area contributed by atoms with Gasteiger partial charge in [-0.3, -0.25) is 4.99 Å². The maximum atomic E-state index is 12.6. The first-order valence-electron chi connectivity index (χ1n) is 9.83. The minimum Gasteiger partial charge on any atom is -0.377 e. The normalized spacial score (nSPS) is 19.9. The van der Waals surface area contributed by atoms with Crippen LogP contribution >= 0.6 is 24.0 Å². The summed E-state index contributed by atoms with van der Waals surface area (Å²) in [5.41, 5.74) is -0.0576. The number of ether oxygens (including phenoxy) is 1. The van der Waals surface area contributed by atoms with Crippen molar-refractivity contribution in [1.82, 2.24) is 10.6 Å². The van der Waals surface area contributed by atoms with Gasteiger partial charge in [0, 0.05) is 31.7 Å². The molecular weight excluding hydrogens is 506 g/mol. The Kier molecular flexibility index (Phi) is 10.4. The minimum absolute atomic E-state index is 0. The second-order valence-electron chi connectivity index (χ2n) is 8.24. The fourth-order valence-electron chi connectivity index (χ4n) is 3.47. The third kappa shape index (κ3) is 8.34. The van der Waals surface area contributed by atoms with Gasteiger partial charge in [-0.1, -0.05) is 32.6 Å². The molecule has 2 unspecified atom stereocenters. The van der Waals surface area contributed by atoms with Crippen molar-refractivity contribution < 1.29 is 17.9 Å². The van der Waals surface area contributed by atoms with Gasteiger partial charge < -0.3 is 15.4 Å². The van der Waals surface area contributed by atoms with Crippen molar-refractivity contribution in [3.05, 3.63) is 35.4 Å². The lowest BCUT2D eigenvalue weighted by atomic mass is 9.78. The molecule has 30 heavy (non-hydrogen) atoms. The Hall–Kier alpha value is -1.47. The van der Waals surface area contributed by atoms with Crippen LogP contribution in [0.1, 0.15) is 44.7 Å². The molecule has 1 aromatic carbocycles. The summed E-state index contributed by atoms with van der Waals surface area (Å²) in [6, 6.07) is 4.82. The summed E-state index contributed by atoms with van der Waals surface area (Å²) in [5, 5.41) is 6.44. The van der Waals surface area contributed by atoms with Gasteiger partial charge in [-0.2, -0.15) is 13.2 Å². The van der Waals surface area contributed by atoms with E-state index in [1.165, 1.54) is 12.1 Å². The number of hydrogen-bond acceptors (Lipinski definition) is 2. The molecule has 0 saturated carbocycles. The van der Waals surface area contributed by atoms with Crippen LogP contribution in [0.3, 0.4) is 0 Å². The van der Waals surface area contributed by atoms with Gasteiger partial charge in [0.05, 0.1) is 18.2 Å². The predicted octanol–water partition coefficient (Wildman–Crippen LogP) is 4.68. The summed E-state index contributed by atoms with van der Waals surface area (Å²) in [5.74, 6) is 6.81. The molecule has 0 spiro atoms. The first-order chi connectivity index (χ1) is 13.6. The molecule has 168 valence electrons. The molecule has 0 aliphatic carbocycles. The SMILES string of the molecule is CN=C(NCC#Cc1ccc(C(F)(F)F)cc1)NCC1CCCOC1C(C)(C)C.I. The largest absolute Gasteiger partial charge is 0.416 e. The van der Waals surface area contributed by atoms with Gasteiger partial charge in [-0.25, -0.2) is 0 Å². The van der Waals surface area contributed by atoms with E-state index in [1.807, 2.05) is 0 Å². The highest BCUT2D eigenvalue weighted by Crippen LogP contribution is 2.33. The maximum Gasteiger partial charge on any atom is 0.416 e. The summed E-state index contributed by atoms with van der Waals surface area (Å²) < 4.78 is 43.7. The highest BCUT2D eigenvalue weighted by Gasteiger charge is 2.35. The van der Waals surface area contributed by atoms with E-state index in [0.29, 0.717) is 24.0 Å². The fourth-order valence-corrected chi connectivity index (χ4v) is 3.47. The molecule has 0 amide bonds. The van der Waals surface area contributed by atoms with Gasteiger partial charge in [-0.15, -0.1) is 24.0 Å². The van der Waals surface area contributed by atoms with Crippen LogP contribution in [0.5, 0.6) is 0 Å². The number of halogens is 4. The van der Waals surface area contributed by atoms with Crippen LogP contribution in [-0.2, 0) is 10.9 Å². The second-order valence-corrected chi connectivity index (χ2v) is 8.24. The summed E-state index contributed by atoms with van der Waals surface area (Å²) >= 11 is 0. The monoisotopic (exact) mass is 537 g/mol. The Morgan fingerprint density at radius 1 is 1.17 bits per heavy atom. The number of benzene rings is 1. The maximum absolute atomic E-state index is 12.6. The van der Waals surface area contributed by atoms with Crippen molar-refractivity contribution >= 4 is 29.9 Å². The predicted molar refractivity (Wildman–Crippen MR) is 125 cm³/mol. The van der Waals surface area contributed by atoms with Crippen molar-refractivity contribution in [3.8, 4) is 11.8 Å². The van der Waals surface area contributed by atoms with Gasteiger partial charge in [0.2, 0.25) is 0 Å². The second kappa shape index (κ2) is 11.8. The molecule has 1 aliphatic heterocycles. The topological polar surface area (TPSA) is 45.7 Å². The van der Waals surface area contributed by atoms with E-state index in [9.17, 15) is 13.2 Å². The number of nitrogens with one attached hydrogen (secondary N) is 2. The number of rotatable bonds is 3. The average Bonchev–Trinajstić information content (AvgIpc) is 2.66. The van der Waals surface area contributed by atoms with Crippen LogP contribution in [0.2, 0.25) is 0 Å². The molecule has 1 aliphatic rings. The highest BCUT2D eigenvalue weighted by molar-refractivity contribution is 14.0. The van der Waals surface area contributed by atoms with Gasteiger partial charge in [0.25, 0.3) is 0 Å². The number of aliphatic imine (C=N–C) groups is 1.